The van der Waals surface area contributed by atoms with Crippen molar-refractivity contribution in [3.63, 3.8) is 0 Å². The van der Waals surface area contributed by atoms with E-state index in [0.29, 0.717) is 0 Å². The van der Waals surface area contributed by atoms with Crippen LogP contribution in [0.3, 0.4) is 0 Å². The summed E-state index contributed by atoms with van der Waals surface area (Å²) in [6, 6.07) is 12.6. The molecule has 5 heterocycles. The van der Waals surface area contributed by atoms with Gasteiger partial charge < -0.3 is 0 Å². The Morgan fingerprint density at radius 1 is 0.966 bits per heavy atom. The zero-order valence-corrected chi connectivity index (χ0v) is 16.4. The molecule has 0 bridgehead atoms. The van der Waals surface area contributed by atoms with E-state index in [4.69, 9.17) is 0 Å². The second kappa shape index (κ2) is 7.69. The largest absolute Gasteiger partial charge is 0.296 e. The Kier molecular flexibility index (Phi) is 4.75. The molecule has 5 rings (SSSR count). The number of piperazine rings is 1. The molecular formula is C22H23N7. The molecule has 4 aromatic heterocycles. The smallest absolute Gasteiger partial charge is 0.109 e. The molecule has 0 spiro atoms. The minimum absolute atomic E-state index is 0.213. The third-order valence-electron chi connectivity index (χ3n) is 5.63. The summed E-state index contributed by atoms with van der Waals surface area (Å²) in [5, 5.41) is 8.98. The molecule has 7 heteroatoms. The van der Waals surface area contributed by atoms with Crippen molar-refractivity contribution in [1.29, 1.82) is 0 Å². The van der Waals surface area contributed by atoms with Crippen LogP contribution in [0.1, 0.15) is 17.3 Å². The molecule has 0 unspecified atom stereocenters. The van der Waals surface area contributed by atoms with Gasteiger partial charge in [-0.05, 0) is 42.4 Å². The Labute approximate surface area is 169 Å². The second-order valence-corrected chi connectivity index (χ2v) is 7.55. The SMILES string of the molecule is CN1CCN(Cc2cccnc2)C[C@H]1c1nnn2cc(-c3ccncc3)ccc12. The first-order valence-corrected chi connectivity index (χ1v) is 9.85. The fraction of sp³-hybridized carbons (Fsp3) is 0.273. The van der Waals surface area contributed by atoms with Crippen LogP contribution in [0.15, 0.2) is 67.4 Å². The monoisotopic (exact) mass is 385 g/mol. The van der Waals surface area contributed by atoms with E-state index in [1.807, 2.05) is 41.3 Å². The molecule has 7 nitrogen and oxygen atoms in total. The highest BCUT2D eigenvalue weighted by molar-refractivity contribution is 5.65. The first kappa shape index (κ1) is 17.9. The van der Waals surface area contributed by atoms with E-state index in [9.17, 15) is 0 Å². The number of hydrogen-bond acceptors (Lipinski definition) is 6. The summed E-state index contributed by atoms with van der Waals surface area (Å²) in [7, 11) is 2.17. The molecule has 1 aliphatic heterocycles. The average Bonchev–Trinajstić information content (AvgIpc) is 3.19. The fourth-order valence-electron chi connectivity index (χ4n) is 3.99. The van der Waals surface area contributed by atoms with Gasteiger partial charge in [0.05, 0.1) is 11.6 Å². The van der Waals surface area contributed by atoms with E-state index < -0.39 is 0 Å². The average molecular weight is 385 g/mol. The molecule has 0 radical (unpaired) electrons. The number of likely N-dealkylation sites (N-methyl/N-ethyl adjacent to an activating group) is 1. The Morgan fingerprint density at radius 2 is 1.86 bits per heavy atom. The van der Waals surface area contributed by atoms with Crippen molar-refractivity contribution in [3.8, 4) is 11.1 Å². The van der Waals surface area contributed by atoms with Crippen molar-refractivity contribution in [2.24, 2.45) is 0 Å². The Morgan fingerprint density at radius 3 is 2.69 bits per heavy atom. The normalized spacial score (nSPS) is 18.3. The van der Waals surface area contributed by atoms with Gasteiger partial charge in [0.25, 0.3) is 0 Å². The molecule has 0 saturated carbocycles. The van der Waals surface area contributed by atoms with Gasteiger partial charge in [-0.2, -0.15) is 0 Å². The molecule has 1 aliphatic rings. The van der Waals surface area contributed by atoms with Gasteiger partial charge in [-0.25, -0.2) is 4.52 Å². The minimum atomic E-state index is 0.213. The van der Waals surface area contributed by atoms with Crippen molar-refractivity contribution in [2.75, 3.05) is 26.7 Å². The van der Waals surface area contributed by atoms with Gasteiger partial charge in [-0.15, -0.1) is 5.10 Å². The summed E-state index contributed by atoms with van der Waals surface area (Å²) in [5.41, 5.74) is 5.56. The third kappa shape index (κ3) is 3.62. The molecule has 4 aromatic rings. The van der Waals surface area contributed by atoms with Crippen molar-refractivity contribution in [2.45, 2.75) is 12.6 Å². The van der Waals surface area contributed by atoms with Gasteiger partial charge in [0.1, 0.15) is 5.69 Å². The van der Waals surface area contributed by atoms with E-state index in [2.05, 4.69) is 55.3 Å². The van der Waals surface area contributed by atoms with Crippen molar-refractivity contribution in [3.05, 3.63) is 78.6 Å². The van der Waals surface area contributed by atoms with Crippen LogP contribution in [0.5, 0.6) is 0 Å². The summed E-state index contributed by atoms with van der Waals surface area (Å²) in [6.07, 6.45) is 9.42. The van der Waals surface area contributed by atoms with E-state index >= 15 is 0 Å². The standard InChI is InChI=1S/C22H23N7/c1-27-11-12-28(14-17-3-2-8-24-13-17)16-21(27)22-20-5-4-19(15-29(20)26-25-22)18-6-9-23-10-7-18/h2-10,13,15,21H,11-12,14,16H2,1H3/t21-/m0/s1. The molecule has 146 valence electrons. The zero-order valence-electron chi connectivity index (χ0n) is 16.4. The molecular weight excluding hydrogens is 362 g/mol. The molecule has 0 amide bonds. The summed E-state index contributed by atoms with van der Waals surface area (Å²) < 4.78 is 1.89. The fourth-order valence-corrected chi connectivity index (χ4v) is 3.99. The second-order valence-electron chi connectivity index (χ2n) is 7.55. The summed E-state index contributed by atoms with van der Waals surface area (Å²) >= 11 is 0. The lowest BCUT2D eigenvalue weighted by Gasteiger charge is -2.38. The van der Waals surface area contributed by atoms with Crippen molar-refractivity contribution >= 4 is 5.52 Å². The molecule has 29 heavy (non-hydrogen) atoms. The van der Waals surface area contributed by atoms with Gasteiger partial charge in [-0.3, -0.25) is 19.8 Å². The molecule has 0 aliphatic carbocycles. The summed E-state index contributed by atoms with van der Waals surface area (Å²) in [5.74, 6) is 0. The van der Waals surface area contributed by atoms with Crippen molar-refractivity contribution in [1.82, 2.24) is 34.6 Å². The summed E-state index contributed by atoms with van der Waals surface area (Å²) in [6.45, 7) is 3.86. The van der Waals surface area contributed by atoms with E-state index in [-0.39, 0.29) is 6.04 Å². The maximum Gasteiger partial charge on any atom is 0.109 e. The maximum atomic E-state index is 4.57. The number of fused-ring (bicyclic) bond motifs is 1. The van der Waals surface area contributed by atoms with Crippen LogP contribution < -0.4 is 0 Å². The van der Waals surface area contributed by atoms with Crippen LogP contribution in [-0.2, 0) is 6.54 Å². The number of hydrogen-bond donors (Lipinski definition) is 0. The zero-order chi connectivity index (χ0) is 19.6. The van der Waals surface area contributed by atoms with Crippen LogP contribution >= 0.6 is 0 Å². The molecule has 0 N–H and O–H groups in total. The van der Waals surface area contributed by atoms with E-state index in [1.165, 1.54) is 5.56 Å². The lowest BCUT2D eigenvalue weighted by atomic mass is 10.1. The van der Waals surface area contributed by atoms with Crippen molar-refractivity contribution < 1.29 is 0 Å². The van der Waals surface area contributed by atoms with Crippen LogP contribution in [0.25, 0.3) is 16.6 Å². The van der Waals surface area contributed by atoms with E-state index in [1.54, 1.807) is 12.4 Å². The highest BCUT2D eigenvalue weighted by Crippen LogP contribution is 2.28. The number of rotatable bonds is 4. The van der Waals surface area contributed by atoms with Gasteiger partial charge in [0.15, 0.2) is 0 Å². The van der Waals surface area contributed by atoms with Crippen LogP contribution in [0.2, 0.25) is 0 Å². The predicted molar refractivity (Wildman–Crippen MR) is 111 cm³/mol. The Hall–Kier alpha value is -3.16. The van der Waals surface area contributed by atoms with Crippen LogP contribution in [0.4, 0.5) is 0 Å². The van der Waals surface area contributed by atoms with Gasteiger partial charge >= 0.3 is 0 Å². The van der Waals surface area contributed by atoms with E-state index in [0.717, 1.165) is 48.5 Å². The summed E-state index contributed by atoms with van der Waals surface area (Å²) in [4.78, 5) is 13.2. The molecule has 1 atom stereocenters. The lowest BCUT2D eigenvalue weighted by Crippen LogP contribution is -2.46. The topological polar surface area (TPSA) is 62.5 Å². The number of aromatic nitrogens is 5. The van der Waals surface area contributed by atoms with Gasteiger partial charge in [0, 0.05) is 62.7 Å². The minimum Gasteiger partial charge on any atom is -0.296 e. The van der Waals surface area contributed by atoms with Crippen LogP contribution in [-0.4, -0.2) is 61.3 Å². The number of nitrogens with zero attached hydrogens (tertiary/aromatic N) is 7. The number of pyridine rings is 3. The van der Waals surface area contributed by atoms with Gasteiger partial charge in [-0.1, -0.05) is 17.3 Å². The first-order valence-electron chi connectivity index (χ1n) is 9.85. The molecule has 0 aromatic carbocycles. The quantitative estimate of drug-likeness (QED) is 0.538. The maximum absolute atomic E-state index is 4.57. The van der Waals surface area contributed by atoms with Gasteiger partial charge in [0.2, 0.25) is 0 Å². The molecule has 1 saturated heterocycles. The lowest BCUT2D eigenvalue weighted by molar-refractivity contribution is 0.0889. The molecule has 1 fully saturated rings. The highest BCUT2D eigenvalue weighted by Gasteiger charge is 2.29. The third-order valence-corrected chi connectivity index (χ3v) is 5.63. The Bertz CT molecular complexity index is 1090. The first-order chi connectivity index (χ1) is 14.3. The highest BCUT2D eigenvalue weighted by atomic mass is 15.4. The Balaban J connectivity index is 1.41. The van der Waals surface area contributed by atoms with Crippen LogP contribution in [0, 0.1) is 0 Å². The predicted octanol–water partition coefficient (Wildman–Crippen LogP) is 2.68.